The SMILES string of the molecule is Cc1nc(CNC(=O)NC(=O)CCCCC(=O)O)no1. The fraction of sp³-hybridized carbons (Fsp3) is 0.545. The third-order valence-corrected chi connectivity index (χ3v) is 2.27. The second-order valence-electron chi connectivity index (χ2n) is 4.06. The Labute approximate surface area is 114 Å². The Morgan fingerprint density at radius 2 is 1.95 bits per heavy atom. The van der Waals surface area contributed by atoms with Crippen molar-refractivity contribution in [3.63, 3.8) is 0 Å². The van der Waals surface area contributed by atoms with Crippen LogP contribution in [0.5, 0.6) is 0 Å². The maximum absolute atomic E-state index is 11.4. The minimum absolute atomic E-state index is 0.0106. The lowest BCUT2D eigenvalue weighted by Gasteiger charge is -2.04. The molecule has 1 aromatic heterocycles. The summed E-state index contributed by atoms with van der Waals surface area (Å²) in [6.45, 7) is 1.67. The van der Waals surface area contributed by atoms with E-state index in [-0.39, 0.29) is 19.4 Å². The van der Waals surface area contributed by atoms with Gasteiger partial charge in [-0.15, -0.1) is 0 Å². The zero-order valence-corrected chi connectivity index (χ0v) is 11.0. The number of rotatable bonds is 7. The molecule has 0 aliphatic rings. The van der Waals surface area contributed by atoms with Crippen LogP contribution in [0.3, 0.4) is 0 Å². The van der Waals surface area contributed by atoms with Gasteiger partial charge in [-0.3, -0.25) is 14.9 Å². The van der Waals surface area contributed by atoms with Crippen molar-refractivity contribution >= 4 is 17.9 Å². The van der Waals surface area contributed by atoms with Gasteiger partial charge in [0.2, 0.25) is 11.8 Å². The fourth-order valence-electron chi connectivity index (χ4n) is 1.37. The van der Waals surface area contributed by atoms with Gasteiger partial charge in [0, 0.05) is 19.8 Å². The first-order valence-corrected chi connectivity index (χ1v) is 6.06. The van der Waals surface area contributed by atoms with Crippen molar-refractivity contribution in [2.24, 2.45) is 0 Å². The Kier molecular flexibility index (Phi) is 6.14. The summed E-state index contributed by atoms with van der Waals surface area (Å²) in [5, 5.41) is 16.5. The largest absolute Gasteiger partial charge is 0.481 e. The van der Waals surface area contributed by atoms with Crippen molar-refractivity contribution in [3.05, 3.63) is 11.7 Å². The molecule has 1 heterocycles. The molecule has 0 aliphatic heterocycles. The molecule has 0 atom stereocenters. The van der Waals surface area contributed by atoms with Gasteiger partial charge < -0.3 is 14.9 Å². The number of carbonyl (C=O) groups excluding carboxylic acids is 2. The lowest BCUT2D eigenvalue weighted by atomic mass is 10.2. The number of carboxylic acids is 1. The summed E-state index contributed by atoms with van der Waals surface area (Å²) in [6, 6.07) is -0.657. The molecule has 0 saturated carbocycles. The zero-order chi connectivity index (χ0) is 15.0. The highest BCUT2D eigenvalue weighted by molar-refractivity contribution is 5.94. The topological polar surface area (TPSA) is 134 Å². The molecule has 9 heteroatoms. The summed E-state index contributed by atoms with van der Waals surface area (Å²) in [6.07, 6.45) is 0.917. The van der Waals surface area contributed by atoms with E-state index in [2.05, 4.69) is 20.8 Å². The lowest BCUT2D eigenvalue weighted by Crippen LogP contribution is -2.39. The number of aryl methyl sites for hydroxylation is 1. The molecular weight excluding hydrogens is 268 g/mol. The number of nitrogens with one attached hydrogen (secondary N) is 2. The van der Waals surface area contributed by atoms with Crippen LogP contribution in [0.25, 0.3) is 0 Å². The van der Waals surface area contributed by atoms with Crippen molar-refractivity contribution in [2.45, 2.75) is 39.2 Å². The van der Waals surface area contributed by atoms with Crippen molar-refractivity contribution in [3.8, 4) is 0 Å². The molecule has 0 spiro atoms. The normalized spacial score (nSPS) is 10.1. The van der Waals surface area contributed by atoms with E-state index in [9.17, 15) is 14.4 Å². The zero-order valence-electron chi connectivity index (χ0n) is 11.0. The van der Waals surface area contributed by atoms with Crippen molar-refractivity contribution in [1.82, 2.24) is 20.8 Å². The summed E-state index contributed by atoms with van der Waals surface area (Å²) in [4.78, 5) is 36.8. The third-order valence-electron chi connectivity index (χ3n) is 2.27. The van der Waals surface area contributed by atoms with E-state index >= 15 is 0 Å². The highest BCUT2D eigenvalue weighted by Crippen LogP contribution is 1.99. The molecule has 0 fully saturated rings. The molecule has 0 aliphatic carbocycles. The molecule has 3 N–H and O–H groups in total. The van der Waals surface area contributed by atoms with Gasteiger partial charge in [-0.05, 0) is 12.8 Å². The predicted octanol–water partition coefficient (Wildman–Crippen LogP) is 0.349. The van der Waals surface area contributed by atoms with Crippen LogP contribution in [0.2, 0.25) is 0 Å². The maximum Gasteiger partial charge on any atom is 0.321 e. The summed E-state index contributed by atoms with van der Waals surface area (Å²) in [5.74, 6) is -0.668. The number of unbranched alkanes of at least 4 members (excludes halogenated alkanes) is 1. The molecule has 110 valence electrons. The Balaban J connectivity index is 2.14. The first-order valence-electron chi connectivity index (χ1n) is 6.06. The monoisotopic (exact) mass is 284 g/mol. The quantitative estimate of drug-likeness (QED) is 0.615. The molecule has 0 saturated heterocycles. The van der Waals surface area contributed by atoms with Crippen LogP contribution in [0.15, 0.2) is 4.52 Å². The van der Waals surface area contributed by atoms with E-state index in [1.165, 1.54) is 0 Å². The van der Waals surface area contributed by atoms with E-state index in [4.69, 9.17) is 9.63 Å². The fourth-order valence-corrected chi connectivity index (χ4v) is 1.37. The summed E-state index contributed by atoms with van der Waals surface area (Å²) < 4.78 is 4.71. The molecule has 0 unspecified atom stereocenters. The van der Waals surface area contributed by atoms with Crippen LogP contribution in [0.4, 0.5) is 4.79 Å². The van der Waals surface area contributed by atoms with Gasteiger partial charge in [-0.25, -0.2) is 4.79 Å². The van der Waals surface area contributed by atoms with Crippen molar-refractivity contribution in [2.75, 3.05) is 0 Å². The molecule has 20 heavy (non-hydrogen) atoms. The molecule has 0 bridgehead atoms. The number of nitrogens with zero attached hydrogens (tertiary/aromatic N) is 2. The van der Waals surface area contributed by atoms with Gasteiger partial charge in [0.15, 0.2) is 5.82 Å². The molecule has 3 amide bonds. The van der Waals surface area contributed by atoms with Gasteiger partial charge >= 0.3 is 12.0 Å². The van der Waals surface area contributed by atoms with Crippen LogP contribution in [0, 0.1) is 6.92 Å². The number of hydrogen-bond acceptors (Lipinski definition) is 6. The standard InChI is InChI=1S/C11H16N4O5/c1-7-13-8(15-20-7)6-12-11(19)14-9(16)4-2-3-5-10(17)18/h2-6H2,1H3,(H,17,18)(H2,12,14,16,19). The van der Waals surface area contributed by atoms with E-state index < -0.39 is 17.9 Å². The molecule has 9 nitrogen and oxygen atoms in total. The van der Waals surface area contributed by atoms with Crippen LogP contribution in [0.1, 0.15) is 37.4 Å². The number of amides is 3. The minimum Gasteiger partial charge on any atom is -0.481 e. The van der Waals surface area contributed by atoms with Crippen molar-refractivity contribution in [1.29, 1.82) is 0 Å². The van der Waals surface area contributed by atoms with Crippen LogP contribution in [-0.2, 0) is 16.1 Å². The average Bonchev–Trinajstić information content (AvgIpc) is 2.78. The molecular formula is C11H16N4O5. The van der Waals surface area contributed by atoms with E-state index in [0.29, 0.717) is 24.6 Å². The second-order valence-corrected chi connectivity index (χ2v) is 4.06. The first-order chi connectivity index (χ1) is 9.47. The summed E-state index contributed by atoms with van der Waals surface area (Å²) in [5.41, 5.74) is 0. The smallest absolute Gasteiger partial charge is 0.321 e. The van der Waals surface area contributed by atoms with E-state index in [0.717, 1.165) is 0 Å². The van der Waals surface area contributed by atoms with Crippen molar-refractivity contribution < 1.29 is 24.0 Å². The molecule has 0 aromatic carbocycles. The number of aromatic nitrogens is 2. The van der Waals surface area contributed by atoms with Gasteiger partial charge in [0.1, 0.15) is 0 Å². The Morgan fingerprint density at radius 1 is 1.25 bits per heavy atom. The molecule has 1 rings (SSSR count). The first kappa shape index (κ1) is 15.6. The molecule has 1 aromatic rings. The lowest BCUT2D eigenvalue weighted by molar-refractivity contribution is -0.137. The van der Waals surface area contributed by atoms with Gasteiger partial charge in [-0.1, -0.05) is 5.16 Å². The Hall–Kier alpha value is -2.45. The van der Waals surface area contributed by atoms with Gasteiger partial charge in [0.25, 0.3) is 0 Å². The summed E-state index contributed by atoms with van der Waals surface area (Å²) in [7, 11) is 0. The number of aliphatic carboxylic acids is 1. The molecule has 0 radical (unpaired) electrons. The maximum atomic E-state index is 11.4. The number of hydrogen-bond donors (Lipinski definition) is 3. The van der Waals surface area contributed by atoms with E-state index in [1.54, 1.807) is 6.92 Å². The predicted molar refractivity (Wildman–Crippen MR) is 65.5 cm³/mol. The summed E-state index contributed by atoms with van der Waals surface area (Å²) >= 11 is 0. The van der Waals surface area contributed by atoms with Crippen LogP contribution in [-0.4, -0.2) is 33.2 Å². The van der Waals surface area contributed by atoms with Gasteiger partial charge in [-0.2, -0.15) is 4.98 Å². The number of imide groups is 1. The van der Waals surface area contributed by atoms with Gasteiger partial charge in [0.05, 0.1) is 6.54 Å². The highest BCUT2D eigenvalue weighted by atomic mass is 16.5. The third kappa shape index (κ3) is 6.47. The number of urea groups is 1. The van der Waals surface area contributed by atoms with E-state index in [1.807, 2.05) is 0 Å². The number of carboxylic acid groups (broad SMARTS) is 1. The Bertz CT molecular complexity index is 485. The average molecular weight is 284 g/mol. The second kappa shape index (κ2) is 7.87. The minimum atomic E-state index is -0.904. The highest BCUT2D eigenvalue weighted by Gasteiger charge is 2.09. The number of carbonyl (C=O) groups is 3. The van der Waals surface area contributed by atoms with Crippen LogP contribution < -0.4 is 10.6 Å². The Morgan fingerprint density at radius 3 is 2.55 bits per heavy atom. The van der Waals surface area contributed by atoms with Crippen LogP contribution >= 0.6 is 0 Å².